The highest BCUT2D eigenvalue weighted by Gasteiger charge is 2.09. The van der Waals surface area contributed by atoms with Gasteiger partial charge in [0.15, 0.2) is 11.5 Å². The molecule has 94 valence electrons. The lowest BCUT2D eigenvalue weighted by Crippen LogP contribution is -2.08. The van der Waals surface area contributed by atoms with Crippen LogP contribution in [0.2, 0.25) is 0 Å². The van der Waals surface area contributed by atoms with Gasteiger partial charge in [-0.15, -0.1) is 0 Å². The van der Waals surface area contributed by atoms with Gasteiger partial charge in [0.2, 0.25) is 0 Å². The van der Waals surface area contributed by atoms with E-state index in [1.807, 2.05) is 38.1 Å². The lowest BCUT2D eigenvalue weighted by atomic mass is 10.2. The molecule has 0 aliphatic rings. The molecule has 0 bridgehead atoms. The number of hydrogen-bond acceptors (Lipinski definition) is 3. The lowest BCUT2D eigenvalue weighted by Gasteiger charge is -2.05. The van der Waals surface area contributed by atoms with Crippen molar-refractivity contribution in [2.75, 3.05) is 11.9 Å². The molecule has 0 fully saturated rings. The van der Waals surface area contributed by atoms with E-state index in [-0.39, 0.29) is 5.78 Å². The zero-order valence-corrected chi connectivity index (χ0v) is 10.7. The fourth-order valence-electron chi connectivity index (χ4n) is 1.70. The number of aryl methyl sites for hydroxylation is 2. The van der Waals surface area contributed by atoms with Crippen molar-refractivity contribution in [3.05, 3.63) is 53.5 Å². The summed E-state index contributed by atoms with van der Waals surface area (Å²) < 4.78 is 5.29. The summed E-state index contributed by atoms with van der Waals surface area (Å²) in [5.74, 6) is 1.24. The molecule has 0 atom stereocenters. The number of carbonyl (C=O) groups is 1. The van der Waals surface area contributed by atoms with Crippen molar-refractivity contribution in [1.82, 2.24) is 0 Å². The summed E-state index contributed by atoms with van der Waals surface area (Å²) in [5.41, 5.74) is 2.26. The molecule has 1 aromatic heterocycles. The minimum absolute atomic E-state index is 0.0303. The van der Waals surface area contributed by atoms with Crippen LogP contribution in [-0.2, 0) is 0 Å². The summed E-state index contributed by atoms with van der Waals surface area (Å²) in [4.78, 5) is 11.8. The van der Waals surface area contributed by atoms with Crippen LogP contribution < -0.4 is 5.32 Å². The summed E-state index contributed by atoms with van der Waals surface area (Å²) in [6, 6.07) is 11.6. The molecule has 1 N–H and O–H groups in total. The largest absolute Gasteiger partial charge is 0.458 e. The average molecular weight is 243 g/mol. The Morgan fingerprint density at radius 1 is 1.11 bits per heavy atom. The van der Waals surface area contributed by atoms with Gasteiger partial charge in [0, 0.05) is 18.7 Å². The maximum absolute atomic E-state index is 11.8. The van der Waals surface area contributed by atoms with E-state index in [9.17, 15) is 4.79 Å². The fraction of sp³-hybridized carbons (Fsp3) is 0.267. The van der Waals surface area contributed by atoms with E-state index >= 15 is 0 Å². The first-order valence-electron chi connectivity index (χ1n) is 6.05. The molecule has 0 spiro atoms. The van der Waals surface area contributed by atoms with Gasteiger partial charge in [-0.3, -0.25) is 4.79 Å². The molecule has 0 saturated carbocycles. The van der Waals surface area contributed by atoms with E-state index in [0.717, 1.165) is 11.4 Å². The molecule has 0 aliphatic carbocycles. The van der Waals surface area contributed by atoms with Crippen molar-refractivity contribution in [2.24, 2.45) is 0 Å². The van der Waals surface area contributed by atoms with Crippen LogP contribution in [0.4, 0.5) is 5.69 Å². The van der Waals surface area contributed by atoms with Crippen molar-refractivity contribution in [3.63, 3.8) is 0 Å². The van der Waals surface area contributed by atoms with Crippen molar-refractivity contribution >= 4 is 11.5 Å². The number of nitrogens with one attached hydrogen (secondary N) is 1. The number of rotatable bonds is 5. The Morgan fingerprint density at radius 3 is 2.44 bits per heavy atom. The number of Topliss-reactive ketones (excluding diaryl/α,β-unsaturated/α-hetero) is 1. The highest BCUT2D eigenvalue weighted by Crippen LogP contribution is 2.11. The van der Waals surface area contributed by atoms with Crippen LogP contribution in [0, 0.1) is 13.8 Å². The maximum atomic E-state index is 11.8. The summed E-state index contributed by atoms with van der Waals surface area (Å²) in [7, 11) is 0. The molecule has 0 radical (unpaired) electrons. The number of anilines is 1. The number of furan rings is 1. The Morgan fingerprint density at radius 2 is 1.83 bits per heavy atom. The zero-order chi connectivity index (χ0) is 13.0. The van der Waals surface area contributed by atoms with Crippen LogP contribution in [0.3, 0.4) is 0 Å². The van der Waals surface area contributed by atoms with Gasteiger partial charge >= 0.3 is 0 Å². The van der Waals surface area contributed by atoms with Gasteiger partial charge in [-0.1, -0.05) is 17.7 Å². The number of carbonyl (C=O) groups excluding carboxylic acids is 1. The molecule has 3 nitrogen and oxygen atoms in total. The Kier molecular flexibility index (Phi) is 3.82. The first-order chi connectivity index (χ1) is 8.65. The van der Waals surface area contributed by atoms with Crippen LogP contribution in [0.5, 0.6) is 0 Å². The summed E-state index contributed by atoms with van der Waals surface area (Å²) in [6.07, 6.45) is 0.431. The van der Waals surface area contributed by atoms with E-state index in [2.05, 4.69) is 5.32 Å². The van der Waals surface area contributed by atoms with E-state index in [0.29, 0.717) is 18.7 Å². The normalized spacial score (nSPS) is 10.3. The van der Waals surface area contributed by atoms with Crippen molar-refractivity contribution in [3.8, 4) is 0 Å². The lowest BCUT2D eigenvalue weighted by molar-refractivity contribution is 0.0958. The maximum Gasteiger partial charge on any atom is 0.199 e. The van der Waals surface area contributed by atoms with E-state index in [4.69, 9.17) is 4.42 Å². The monoisotopic (exact) mass is 243 g/mol. The summed E-state index contributed by atoms with van der Waals surface area (Å²) in [6.45, 7) is 4.50. The first kappa shape index (κ1) is 12.4. The number of hydrogen-bond donors (Lipinski definition) is 1. The SMILES string of the molecule is Cc1ccc(NCCC(=O)c2ccc(C)o2)cc1. The molecule has 2 rings (SSSR count). The van der Waals surface area contributed by atoms with Crippen molar-refractivity contribution in [1.29, 1.82) is 0 Å². The molecule has 1 heterocycles. The first-order valence-corrected chi connectivity index (χ1v) is 6.05. The van der Waals surface area contributed by atoms with Gasteiger partial charge in [-0.05, 0) is 38.1 Å². The van der Waals surface area contributed by atoms with E-state index in [1.54, 1.807) is 12.1 Å². The minimum Gasteiger partial charge on any atom is -0.458 e. The second-order valence-corrected chi connectivity index (χ2v) is 4.38. The van der Waals surface area contributed by atoms with Crippen molar-refractivity contribution in [2.45, 2.75) is 20.3 Å². The second kappa shape index (κ2) is 5.54. The molecule has 0 aliphatic heterocycles. The second-order valence-electron chi connectivity index (χ2n) is 4.38. The molecule has 0 saturated heterocycles. The van der Waals surface area contributed by atoms with Crippen molar-refractivity contribution < 1.29 is 9.21 Å². The topological polar surface area (TPSA) is 42.2 Å². The summed E-state index contributed by atoms with van der Waals surface area (Å²) in [5, 5.41) is 3.22. The Bertz CT molecular complexity index is 526. The van der Waals surface area contributed by atoms with E-state index < -0.39 is 0 Å². The third-order valence-electron chi connectivity index (χ3n) is 2.75. The number of ketones is 1. The highest BCUT2D eigenvalue weighted by molar-refractivity contribution is 5.93. The standard InChI is InChI=1S/C15H17NO2/c1-11-3-6-13(7-4-11)16-10-9-14(17)15-8-5-12(2)18-15/h3-8,16H,9-10H2,1-2H3. The molecule has 2 aromatic rings. The van der Waals surface area contributed by atoms with Gasteiger partial charge in [0.25, 0.3) is 0 Å². The molecular weight excluding hydrogens is 226 g/mol. The Labute approximate surface area is 107 Å². The average Bonchev–Trinajstić information content (AvgIpc) is 2.78. The van der Waals surface area contributed by atoms with Crippen LogP contribution >= 0.6 is 0 Å². The van der Waals surface area contributed by atoms with Gasteiger partial charge in [-0.25, -0.2) is 0 Å². The van der Waals surface area contributed by atoms with Crippen LogP contribution in [0.1, 0.15) is 28.3 Å². The van der Waals surface area contributed by atoms with Gasteiger partial charge in [-0.2, -0.15) is 0 Å². The number of benzene rings is 1. The van der Waals surface area contributed by atoms with Crippen LogP contribution in [0.25, 0.3) is 0 Å². The predicted molar refractivity (Wildman–Crippen MR) is 72.1 cm³/mol. The highest BCUT2D eigenvalue weighted by atomic mass is 16.3. The molecular formula is C15H17NO2. The van der Waals surface area contributed by atoms with E-state index in [1.165, 1.54) is 5.56 Å². The summed E-state index contributed by atoms with van der Waals surface area (Å²) >= 11 is 0. The van der Waals surface area contributed by atoms with Gasteiger partial charge in [0.05, 0.1) is 0 Å². The van der Waals surface area contributed by atoms with Gasteiger partial charge in [0.1, 0.15) is 5.76 Å². The van der Waals surface area contributed by atoms with Crippen LogP contribution in [-0.4, -0.2) is 12.3 Å². The molecule has 1 aromatic carbocycles. The van der Waals surface area contributed by atoms with Gasteiger partial charge < -0.3 is 9.73 Å². The fourth-order valence-corrected chi connectivity index (χ4v) is 1.70. The molecule has 0 unspecified atom stereocenters. The molecule has 0 amide bonds. The predicted octanol–water partition coefficient (Wildman–Crippen LogP) is 3.58. The third-order valence-corrected chi connectivity index (χ3v) is 2.75. The van der Waals surface area contributed by atoms with Crippen LogP contribution in [0.15, 0.2) is 40.8 Å². The minimum atomic E-state index is 0.0303. The molecule has 18 heavy (non-hydrogen) atoms. The smallest absolute Gasteiger partial charge is 0.199 e. The molecule has 3 heteroatoms. The quantitative estimate of drug-likeness (QED) is 0.816. The Hall–Kier alpha value is -2.03. The zero-order valence-electron chi connectivity index (χ0n) is 10.7. The Balaban J connectivity index is 1.82. The third kappa shape index (κ3) is 3.23.